The van der Waals surface area contributed by atoms with Crippen LogP contribution in [-0.4, -0.2) is 49.0 Å². The molecule has 1 N–H and O–H groups in total. The van der Waals surface area contributed by atoms with Crippen molar-refractivity contribution in [1.82, 2.24) is 14.9 Å². The summed E-state index contributed by atoms with van der Waals surface area (Å²) in [6, 6.07) is 20.6. The van der Waals surface area contributed by atoms with E-state index in [1.165, 1.54) is 12.1 Å². The smallest absolute Gasteiger partial charge is 0.264 e. The number of ether oxygens (including phenoxy) is 2. The summed E-state index contributed by atoms with van der Waals surface area (Å²) in [5.74, 6) is 0.465. The van der Waals surface area contributed by atoms with Gasteiger partial charge in [0.05, 0.1) is 23.7 Å². The minimum absolute atomic E-state index is 0.0711. The highest BCUT2D eigenvalue weighted by Gasteiger charge is 2.26. The number of amides is 1. The summed E-state index contributed by atoms with van der Waals surface area (Å²) in [5.41, 5.74) is 4.48. The molecular weight excluding hydrogens is 528 g/mol. The molecule has 0 saturated carbocycles. The Morgan fingerprint density at radius 1 is 1.00 bits per heavy atom. The summed E-state index contributed by atoms with van der Waals surface area (Å²) in [6.45, 7) is 6.22. The van der Waals surface area contributed by atoms with Crippen LogP contribution in [0.25, 0.3) is 11.3 Å². The zero-order valence-corrected chi connectivity index (χ0v) is 23.5. The van der Waals surface area contributed by atoms with E-state index < -0.39 is 10.0 Å². The van der Waals surface area contributed by atoms with Crippen LogP contribution < -0.4 is 14.2 Å². The molecule has 5 rings (SSSR count). The highest BCUT2D eigenvalue weighted by molar-refractivity contribution is 7.92. The van der Waals surface area contributed by atoms with Gasteiger partial charge in [0, 0.05) is 23.7 Å². The van der Waals surface area contributed by atoms with Crippen molar-refractivity contribution < 1.29 is 22.7 Å². The SMILES string of the molecule is COc1ccc(CN2C(=O)c3cccc(c3)S(=O)(=O)Nc3nc(cc(-c4c(C)cccc4C)n3)OC[C@H]2C)cc1. The summed E-state index contributed by atoms with van der Waals surface area (Å²) in [4.78, 5) is 24.2. The Bertz CT molecular complexity index is 1650. The molecule has 1 aliphatic rings. The van der Waals surface area contributed by atoms with Crippen LogP contribution in [0, 0.1) is 13.8 Å². The number of carbonyl (C=O) groups is 1. The third kappa shape index (κ3) is 5.62. The normalized spacial score (nSPS) is 16.6. The molecule has 0 aliphatic carbocycles. The van der Waals surface area contributed by atoms with Crippen molar-refractivity contribution in [2.24, 2.45) is 0 Å². The van der Waals surface area contributed by atoms with Crippen molar-refractivity contribution in [3.05, 3.63) is 95.1 Å². The maximum atomic E-state index is 13.8. The standard InChI is InChI=1S/C30H30N4O5S/c1-19-7-5-8-20(2)28(19)26-16-27-32-30(31-26)33-40(36,37)25-10-6-9-23(15-25)29(35)34(21(3)18-39-27)17-22-11-13-24(38-4)14-12-22/h5-16,21H,17-18H2,1-4H3,(H,31,32,33)/t21-/m1/s1. The van der Waals surface area contributed by atoms with Gasteiger partial charge in [0.15, 0.2) is 0 Å². The first-order chi connectivity index (χ1) is 19.1. The number of methoxy groups -OCH3 is 1. The van der Waals surface area contributed by atoms with Gasteiger partial charge in [0.25, 0.3) is 15.9 Å². The number of rotatable bonds is 4. The van der Waals surface area contributed by atoms with Gasteiger partial charge in [-0.2, -0.15) is 4.98 Å². The number of sulfonamides is 1. The van der Waals surface area contributed by atoms with E-state index in [4.69, 9.17) is 9.47 Å². The van der Waals surface area contributed by atoms with Gasteiger partial charge in [0.2, 0.25) is 11.8 Å². The Kier molecular flexibility index (Phi) is 7.44. The van der Waals surface area contributed by atoms with Crippen molar-refractivity contribution >= 4 is 21.9 Å². The van der Waals surface area contributed by atoms with E-state index in [9.17, 15) is 13.2 Å². The van der Waals surface area contributed by atoms with Crippen molar-refractivity contribution in [3.8, 4) is 22.9 Å². The number of benzene rings is 3. The van der Waals surface area contributed by atoms with E-state index in [0.29, 0.717) is 11.4 Å². The molecule has 10 heteroatoms. The first-order valence-corrected chi connectivity index (χ1v) is 14.3. The number of carbonyl (C=O) groups excluding carboxylic acids is 1. The molecule has 4 aromatic rings. The maximum absolute atomic E-state index is 13.8. The summed E-state index contributed by atoms with van der Waals surface area (Å²) in [5, 5.41) is 0. The van der Waals surface area contributed by atoms with Gasteiger partial charge in [-0.1, -0.05) is 36.4 Å². The highest BCUT2D eigenvalue weighted by Crippen LogP contribution is 2.30. The van der Waals surface area contributed by atoms with Gasteiger partial charge < -0.3 is 14.4 Å². The van der Waals surface area contributed by atoms with Crippen LogP contribution in [0.1, 0.15) is 34.0 Å². The second-order valence-electron chi connectivity index (χ2n) is 9.76. The van der Waals surface area contributed by atoms with Gasteiger partial charge in [-0.15, -0.1) is 0 Å². The van der Waals surface area contributed by atoms with Crippen LogP contribution in [0.4, 0.5) is 5.95 Å². The van der Waals surface area contributed by atoms with Gasteiger partial charge in [-0.25, -0.2) is 18.1 Å². The second-order valence-corrected chi connectivity index (χ2v) is 11.4. The summed E-state index contributed by atoms with van der Waals surface area (Å²) >= 11 is 0. The van der Waals surface area contributed by atoms with Gasteiger partial charge in [-0.05, 0) is 67.8 Å². The molecular formula is C30H30N4O5S. The lowest BCUT2D eigenvalue weighted by molar-refractivity contribution is 0.0613. The van der Waals surface area contributed by atoms with Crippen LogP contribution in [0.15, 0.2) is 77.7 Å². The predicted octanol–water partition coefficient (Wildman–Crippen LogP) is 4.99. The molecule has 1 aromatic heterocycles. The van der Waals surface area contributed by atoms with E-state index in [0.717, 1.165) is 22.3 Å². The molecule has 1 atom stereocenters. The minimum Gasteiger partial charge on any atom is -0.497 e. The predicted molar refractivity (Wildman–Crippen MR) is 152 cm³/mol. The molecule has 0 radical (unpaired) electrons. The van der Waals surface area contributed by atoms with Crippen molar-refractivity contribution in [2.75, 3.05) is 18.4 Å². The number of hydrogen-bond acceptors (Lipinski definition) is 7. The fourth-order valence-corrected chi connectivity index (χ4v) is 5.67. The molecule has 0 unspecified atom stereocenters. The molecule has 40 heavy (non-hydrogen) atoms. The van der Waals surface area contributed by atoms with Gasteiger partial charge in [0.1, 0.15) is 12.4 Å². The number of hydrogen-bond donors (Lipinski definition) is 1. The van der Waals surface area contributed by atoms with Crippen molar-refractivity contribution in [2.45, 2.75) is 38.3 Å². The third-order valence-electron chi connectivity index (χ3n) is 6.83. The lowest BCUT2D eigenvalue weighted by Crippen LogP contribution is -2.41. The van der Waals surface area contributed by atoms with Gasteiger partial charge in [-0.3, -0.25) is 4.79 Å². The molecule has 2 heterocycles. The highest BCUT2D eigenvalue weighted by atomic mass is 32.2. The zero-order valence-electron chi connectivity index (χ0n) is 22.7. The van der Waals surface area contributed by atoms with E-state index >= 15 is 0 Å². The van der Waals surface area contributed by atoms with E-state index in [1.54, 1.807) is 30.2 Å². The van der Waals surface area contributed by atoms with Crippen molar-refractivity contribution in [1.29, 1.82) is 0 Å². The monoisotopic (exact) mass is 558 g/mol. The Morgan fingerprint density at radius 3 is 2.40 bits per heavy atom. The fraction of sp³-hybridized carbons (Fsp3) is 0.233. The van der Waals surface area contributed by atoms with Crippen molar-refractivity contribution in [3.63, 3.8) is 0 Å². The minimum atomic E-state index is -4.11. The molecule has 9 nitrogen and oxygen atoms in total. The number of fused-ring (bicyclic) bond motifs is 4. The number of nitrogens with zero attached hydrogens (tertiary/aromatic N) is 3. The lowest BCUT2D eigenvalue weighted by Gasteiger charge is -2.29. The molecule has 1 aliphatic heterocycles. The van der Waals surface area contributed by atoms with Crippen LogP contribution in [0.3, 0.4) is 0 Å². The zero-order chi connectivity index (χ0) is 28.4. The molecule has 3 aromatic carbocycles. The Labute approximate surface area is 233 Å². The summed E-state index contributed by atoms with van der Waals surface area (Å²) in [6.07, 6.45) is 0. The molecule has 0 spiro atoms. The number of aryl methyl sites for hydroxylation is 2. The quantitative estimate of drug-likeness (QED) is 0.376. The van der Waals surface area contributed by atoms with E-state index in [2.05, 4.69) is 14.7 Å². The Balaban J connectivity index is 1.60. The average Bonchev–Trinajstić information content (AvgIpc) is 2.94. The lowest BCUT2D eigenvalue weighted by atomic mass is 10.00. The fourth-order valence-electron chi connectivity index (χ4n) is 4.68. The van der Waals surface area contributed by atoms with E-state index in [-0.39, 0.29) is 47.4 Å². The van der Waals surface area contributed by atoms with Crippen LogP contribution in [-0.2, 0) is 16.6 Å². The summed E-state index contributed by atoms with van der Waals surface area (Å²) in [7, 11) is -2.52. The van der Waals surface area contributed by atoms with Crippen LogP contribution in [0.5, 0.6) is 11.6 Å². The molecule has 1 amide bonds. The molecule has 0 fully saturated rings. The topological polar surface area (TPSA) is 111 Å². The largest absolute Gasteiger partial charge is 0.497 e. The van der Waals surface area contributed by atoms with Crippen LogP contribution >= 0.6 is 0 Å². The van der Waals surface area contributed by atoms with E-state index in [1.807, 2.05) is 63.2 Å². The van der Waals surface area contributed by atoms with Crippen LogP contribution in [0.2, 0.25) is 0 Å². The molecule has 206 valence electrons. The summed E-state index contributed by atoms with van der Waals surface area (Å²) < 4.78 is 40.6. The number of aromatic nitrogens is 2. The second kappa shape index (κ2) is 11.0. The number of nitrogens with one attached hydrogen (secondary N) is 1. The molecule has 0 saturated heterocycles. The first kappa shape index (κ1) is 27.1. The Hall–Kier alpha value is -4.44. The maximum Gasteiger partial charge on any atom is 0.264 e. The molecule has 4 bridgehead atoms. The average molecular weight is 559 g/mol. The number of anilines is 1. The Morgan fingerprint density at radius 2 is 1.70 bits per heavy atom. The van der Waals surface area contributed by atoms with Gasteiger partial charge >= 0.3 is 0 Å². The first-order valence-electron chi connectivity index (χ1n) is 12.8. The third-order valence-corrected chi connectivity index (χ3v) is 8.16.